The Morgan fingerprint density at radius 2 is 0.896 bits per heavy atom. The van der Waals surface area contributed by atoms with Gasteiger partial charge in [0, 0.05) is 33.9 Å². The van der Waals surface area contributed by atoms with Crippen LogP contribution < -0.4 is 4.90 Å². The SMILES string of the molecule is CC(C)(C)c1cc(-c2ccccc2)ccc1-c1ccc(N(c2ccc(-c3ccccc3)cc2)c2ccc3c(c2)oc2ccccc23)cc1. The van der Waals surface area contributed by atoms with E-state index >= 15 is 0 Å². The van der Waals surface area contributed by atoms with Crippen LogP contribution in [0.1, 0.15) is 26.3 Å². The normalized spacial score (nSPS) is 11.6. The second-order valence-corrected chi connectivity index (χ2v) is 13.5. The van der Waals surface area contributed by atoms with Gasteiger partial charge in [-0.25, -0.2) is 0 Å². The lowest BCUT2D eigenvalue weighted by molar-refractivity contribution is 0.592. The number of hydrogen-bond donors (Lipinski definition) is 0. The maximum Gasteiger partial charge on any atom is 0.137 e. The van der Waals surface area contributed by atoms with Crippen molar-refractivity contribution in [3.8, 4) is 33.4 Å². The van der Waals surface area contributed by atoms with Crippen molar-refractivity contribution in [3.63, 3.8) is 0 Å². The number of fused-ring (bicyclic) bond motifs is 3. The van der Waals surface area contributed by atoms with Crippen LogP contribution in [0.15, 0.2) is 174 Å². The Morgan fingerprint density at radius 1 is 0.396 bits per heavy atom. The Bertz CT molecular complexity index is 2340. The second-order valence-electron chi connectivity index (χ2n) is 13.5. The molecular weight excluding hydrogens is 583 g/mol. The molecule has 0 unspecified atom stereocenters. The third kappa shape index (κ3) is 5.56. The number of hydrogen-bond acceptors (Lipinski definition) is 2. The van der Waals surface area contributed by atoms with Gasteiger partial charge < -0.3 is 9.32 Å². The van der Waals surface area contributed by atoms with E-state index in [9.17, 15) is 0 Å². The van der Waals surface area contributed by atoms with Crippen LogP contribution in [0.5, 0.6) is 0 Å². The molecule has 2 nitrogen and oxygen atoms in total. The fourth-order valence-corrected chi connectivity index (χ4v) is 6.75. The minimum atomic E-state index is -0.0205. The highest BCUT2D eigenvalue weighted by Gasteiger charge is 2.21. The van der Waals surface area contributed by atoms with Crippen molar-refractivity contribution >= 4 is 39.0 Å². The van der Waals surface area contributed by atoms with Gasteiger partial charge in [-0.15, -0.1) is 0 Å². The van der Waals surface area contributed by atoms with E-state index in [1.807, 2.05) is 12.1 Å². The molecule has 8 rings (SSSR count). The predicted octanol–water partition coefficient (Wildman–Crippen LogP) is 13.4. The zero-order valence-electron chi connectivity index (χ0n) is 27.5. The quantitative estimate of drug-likeness (QED) is 0.184. The first-order chi connectivity index (χ1) is 23.4. The molecule has 0 N–H and O–H groups in total. The summed E-state index contributed by atoms with van der Waals surface area (Å²) in [6.07, 6.45) is 0. The van der Waals surface area contributed by atoms with E-state index in [1.165, 1.54) is 38.9 Å². The number of furan rings is 1. The monoisotopic (exact) mass is 619 g/mol. The van der Waals surface area contributed by atoms with Gasteiger partial charge in [-0.2, -0.15) is 0 Å². The highest BCUT2D eigenvalue weighted by atomic mass is 16.3. The summed E-state index contributed by atoms with van der Waals surface area (Å²) < 4.78 is 6.33. The highest BCUT2D eigenvalue weighted by molar-refractivity contribution is 6.06. The predicted molar refractivity (Wildman–Crippen MR) is 203 cm³/mol. The van der Waals surface area contributed by atoms with Crippen molar-refractivity contribution in [2.24, 2.45) is 0 Å². The molecule has 2 heteroatoms. The lowest BCUT2D eigenvalue weighted by atomic mass is 9.80. The van der Waals surface area contributed by atoms with Gasteiger partial charge in [0.2, 0.25) is 0 Å². The zero-order chi connectivity index (χ0) is 32.7. The molecule has 232 valence electrons. The average Bonchev–Trinajstić information content (AvgIpc) is 3.50. The molecule has 0 radical (unpaired) electrons. The third-order valence-electron chi connectivity index (χ3n) is 9.22. The fourth-order valence-electron chi connectivity index (χ4n) is 6.75. The third-order valence-corrected chi connectivity index (χ3v) is 9.22. The summed E-state index contributed by atoms with van der Waals surface area (Å²) in [4.78, 5) is 2.31. The summed E-state index contributed by atoms with van der Waals surface area (Å²) in [5, 5.41) is 2.26. The van der Waals surface area contributed by atoms with Crippen LogP contribution in [0.25, 0.3) is 55.3 Å². The van der Waals surface area contributed by atoms with Gasteiger partial charge in [-0.05, 0) is 86.8 Å². The van der Waals surface area contributed by atoms with Crippen LogP contribution in [0.3, 0.4) is 0 Å². The summed E-state index contributed by atoms with van der Waals surface area (Å²) in [6.45, 7) is 6.89. The highest BCUT2D eigenvalue weighted by Crippen LogP contribution is 2.41. The van der Waals surface area contributed by atoms with Crippen LogP contribution in [0.2, 0.25) is 0 Å². The first-order valence-corrected chi connectivity index (χ1v) is 16.6. The zero-order valence-corrected chi connectivity index (χ0v) is 27.5. The van der Waals surface area contributed by atoms with Crippen molar-refractivity contribution in [1.29, 1.82) is 0 Å². The summed E-state index contributed by atoms with van der Waals surface area (Å²) in [6, 6.07) is 60.6. The van der Waals surface area contributed by atoms with Crippen molar-refractivity contribution in [2.45, 2.75) is 26.2 Å². The Labute approximate surface area is 282 Å². The molecule has 0 atom stereocenters. The van der Waals surface area contributed by atoms with Crippen molar-refractivity contribution in [1.82, 2.24) is 0 Å². The van der Waals surface area contributed by atoms with Crippen LogP contribution in [0, 0.1) is 0 Å². The minimum absolute atomic E-state index is 0.0205. The number of anilines is 3. The second kappa shape index (κ2) is 12.1. The summed E-state index contributed by atoms with van der Waals surface area (Å²) in [5.74, 6) is 0. The van der Waals surface area contributed by atoms with Crippen LogP contribution >= 0.6 is 0 Å². The van der Waals surface area contributed by atoms with Gasteiger partial charge in [-0.3, -0.25) is 0 Å². The van der Waals surface area contributed by atoms with Gasteiger partial charge in [-0.1, -0.05) is 142 Å². The first kappa shape index (κ1) is 29.5. The molecule has 1 heterocycles. The molecule has 1 aromatic heterocycles. The van der Waals surface area contributed by atoms with Crippen LogP contribution in [-0.2, 0) is 5.41 Å². The standard InChI is InChI=1S/C46H37NO/c1-46(2,3)43-30-36(33-14-8-5-9-15-33)22-28-40(43)35-20-25-38(26-21-35)47(37-23-18-34(19-24-37)32-12-6-4-7-13-32)39-27-29-42-41-16-10-11-17-44(41)48-45(42)31-39/h4-31H,1-3H3. The first-order valence-electron chi connectivity index (χ1n) is 16.6. The maximum atomic E-state index is 6.33. The molecule has 0 fully saturated rings. The lowest BCUT2D eigenvalue weighted by Crippen LogP contribution is -2.13. The largest absolute Gasteiger partial charge is 0.456 e. The van der Waals surface area contributed by atoms with Crippen LogP contribution in [-0.4, -0.2) is 0 Å². The van der Waals surface area contributed by atoms with Gasteiger partial charge in [0.1, 0.15) is 11.2 Å². The van der Waals surface area contributed by atoms with E-state index in [0.717, 1.165) is 39.0 Å². The van der Waals surface area contributed by atoms with Gasteiger partial charge in [0.15, 0.2) is 0 Å². The Hall–Kier alpha value is -5.86. The van der Waals surface area contributed by atoms with E-state index in [2.05, 4.69) is 183 Å². The number of nitrogens with zero attached hydrogens (tertiary/aromatic N) is 1. The molecule has 0 aliphatic rings. The molecule has 0 saturated heterocycles. The molecule has 48 heavy (non-hydrogen) atoms. The molecule has 0 bridgehead atoms. The topological polar surface area (TPSA) is 16.4 Å². The average molecular weight is 620 g/mol. The van der Waals surface area contributed by atoms with Crippen molar-refractivity contribution < 1.29 is 4.42 Å². The Balaban J connectivity index is 1.22. The smallest absolute Gasteiger partial charge is 0.137 e. The molecular formula is C46H37NO. The summed E-state index contributed by atoms with van der Waals surface area (Å²) in [5.41, 5.74) is 13.6. The minimum Gasteiger partial charge on any atom is -0.456 e. The molecule has 7 aromatic carbocycles. The van der Waals surface area contributed by atoms with E-state index in [0.29, 0.717) is 0 Å². The van der Waals surface area contributed by atoms with E-state index < -0.39 is 0 Å². The van der Waals surface area contributed by atoms with Crippen molar-refractivity contribution in [2.75, 3.05) is 4.90 Å². The Morgan fingerprint density at radius 3 is 1.54 bits per heavy atom. The van der Waals surface area contributed by atoms with Gasteiger partial charge in [0.05, 0.1) is 0 Å². The van der Waals surface area contributed by atoms with Gasteiger partial charge >= 0.3 is 0 Å². The molecule has 0 amide bonds. The molecule has 0 spiro atoms. The summed E-state index contributed by atoms with van der Waals surface area (Å²) >= 11 is 0. The van der Waals surface area contributed by atoms with E-state index in [1.54, 1.807) is 0 Å². The number of para-hydroxylation sites is 1. The maximum absolute atomic E-state index is 6.33. The van der Waals surface area contributed by atoms with Gasteiger partial charge in [0.25, 0.3) is 0 Å². The van der Waals surface area contributed by atoms with E-state index in [4.69, 9.17) is 4.42 Å². The summed E-state index contributed by atoms with van der Waals surface area (Å²) in [7, 11) is 0. The fraction of sp³-hybridized carbons (Fsp3) is 0.0870. The molecule has 8 aromatic rings. The van der Waals surface area contributed by atoms with Crippen molar-refractivity contribution in [3.05, 3.63) is 175 Å². The lowest BCUT2D eigenvalue weighted by Gasteiger charge is -2.27. The number of benzene rings is 7. The molecule has 0 aliphatic heterocycles. The number of rotatable bonds is 6. The Kier molecular flexibility index (Phi) is 7.42. The molecule has 0 aliphatic carbocycles. The molecule has 0 saturated carbocycles. The van der Waals surface area contributed by atoms with Crippen LogP contribution in [0.4, 0.5) is 17.1 Å². The van der Waals surface area contributed by atoms with E-state index in [-0.39, 0.29) is 5.41 Å².